The standard InChI is InChI=1S/C21H18N6O3S2/c28-18(13-31-20-25-24-14-27(20)16-6-2-1-3-7-16)23-9-10-26-19(29)17(32-21(26)30)11-15-5-4-8-22-12-15/h1-8,11-12,14H,9-10,13H2,(H,23,28)/b17-11-. The summed E-state index contributed by atoms with van der Waals surface area (Å²) in [4.78, 5) is 42.4. The number of para-hydroxylation sites is 1. The highest BCUT2D eigenvalue weighted by Crippen LogP contribution is 2.31. The number of nitrogens with one attached hydrogen (secondary N) is 1. The minimum atomic E-state index is -0.372. The topological polar surface area (TPSA) is 110 Å². The van der Waals surface area contributed by atoms with Crippen LogP contribution in [0.2, 0.25) is 0 Å². The molecule has 2 aromatic heterocycles. The molecular weight excluding hydrogens is 448 g/mol. The minimum absolute atomic E-state index is 0.103. The lowest BCUT2D eigenvalue weighted by Crippen LogP contribution is -2.37. The molecule has 1 N–H and O–H groups in total. The third kappa shape index (κ3) is 5.24. The van der Waals surface area contributed by atoms with Gasteiger partial charge in [-0.2, -0.15) is 0 Å². The van der Waals surface area contributed by atoms with Gasteiger partial charge in [0.25, 0.3) is 11.1 Å². The highest BCUT2D eigenvalue weighted by atomic mass is 32.2. The van der Waals surface area contributed by atoms with E-state index in [9.17, 15) is 14.4 Å². The van der Waals surface area contributed by atoms with Gasteiger partial charge in [0.1, 0.15) is 6.33 Å². The van der Waals surface area contributed by atoms with E-state index < -0.39 is 0 Å². The number of benzene rings is 1. The number of hydrogen-bond acceptors (Lipinski definition) is 8. The second kappa shape index (κ2) is 10.2. The van der Waals surface area contributed by atoms with Crippen molar-refractivity contribution in [3.05, 3.63) is 71.7 Å². The molecule has 3 aromatic rings. The van der Waals surface area contributed by atoms with E-state index in [4.69, 9.17) is 0 Å². The zero-order chi connectivity index (χ0) is 22.3. The zero-order valence-electron chi connectivity index (χ0n) is 16.7. The Labute approximate surface area is 192 Å². The van der Waals surface area contributed by atoms with Crippen molar-refractivity contribution in [1.82, 2.24) is 30.0 Å². The van der Waals surface area contributed by atoms with E-state index in [1.165, 1.54) is 11.8 Å². The van der Waals surface area contributed by atoms with Gasteiger partial charge in [-0.1, -0.05) is 36.0 Å². The Morgan fingerprint density at radius 1 is 1.16 bits per heavy atom. The summed E-state index contributed by atoms with van der Waals surface area (Å²) >= 11 is 2.13. The number of aromatic nitrogens is 4. The summed E-state index contributed by atoms with van der Waals surface area (Å²) in [5, 5.41) is 10.9. The van der Waals surface area contributed by atoms with Gasteiger partial charge in [0, 0.05) is 31.2 Å². The van der Waals surface area contributed by atoms with Crippen LogP contribution in [0.4, 0.5) is 4.79 Å². The smallest absolute Gasteiger partial charge is 0.293 e. The number of carbonyl (C=O) groups is 3. The van der Waals surface area contributed by atoms with E-state index in [0.717, 1.165) is 27.9 Å². The Morgan fingerprint density at radius 2 is 2.00 bits per heavy atom. The largest absolute Gasteiger partial charge is 0.354 e. The summed E-state index contributed by atoms with van der Waals surface area (Å²) in [5.74, 6) is -0.465. The molecule has 4 rings (SSSR count). The predicted molar refractivity (Wildman–Crippen MR) is 122 cm³/mol. The van der Waals surface area contributed by atoms with Gasteiger partial charge in [0.2, 0.25) is 5.91 Å². The average Bonchev–Trinajstić information content (AvgIpc) is 3.39. The van der Waals surface area contributed by atoms with E-state index in [1.54, 1.807) is 41.5 Å². The Hall–Kier alpha value is -3.44. The fourth-order valence-electron chi connectivity index (χ4n) is 2.88. The molecule has 3 amide bonds. The molecule has 0 atom stereocenters. The summed E-state index contributed by atoms with van der Waals surface area (Å²) in [5.41, 5.74) is 1.64. The van der Waals surface area contributed by atoms with Crippen molar-refractivity contribution in [2.24, 2.45) is 0 Å². The molecule has 0 aliphatic carbocycles. The number of imide groups is 1. The first-order valence-electron chi connectivity index (χ1n) is 9.62. The molecule has 1 fully saturated rings. The summed E-state index contributed by atoms with van der Waals surface area (Å²) in [6, 6.07) is 13.1. The minimum Gasteiger partial charge on any atom is -0.354 e. The van der Waals surface area contributed by atoms with Crippen molar-refractivity contribution < 1.29 is 14.4 Å². The van der Waals surface area contributed by atoms with Gasteiger partial charge in [0.05, 0.1) is 10.7 Å². The van der Waals surface area contributed by atoms with Crippen molar-refractivity contribution in [1.29, 1.82) is 0 Å². The first-order valence-corrected chi connectivity index (χ1v) is 11.4. The molecule has 1 aromatic carbocycles. The highest BCUT2D eigenvalue weighted by Gasteiger charge is 2.34. The molecule has 0 radical (unpaired) electrons. The van der Waals surface area contributed by atoms with E-state index in [2.05, 4.69) is 20.5 Å². The predicted octanol–water partition coefficient (Wildman–Crippen LogP) is 2.61. The molecule has 3 heterocycles. The number of hydrogen-bond donors (Lipinski definition) is 1. The Balaban J connectivity index is 1.26. The maximum atomic E-state index is 12.5. The maximum Gasteiger partial charge on any atom is 0.293 e. The van der Waals surface area contributed by atoms with Gasteiger partial charge in [-0.05, 0) is 41.6 Å². The molecule has 11 heteroatoms. The second-order valence-corrected chi connectivity index (χ2v) is 8.51. The van der Waals surface area contributed by atoms with Gasteiger partial charge < -0.3 is 5.32 Å². The van der Waals surface area contributed by atoms with Gasteiger partial charge >= 0.3 is 0 Å². The molecule has 162 valence electrons. The molecule has 1 aliphatic rings. The van der Waals surface area contributed by atoms with Crippen LogP contribution in [0, 0.1) is 0 Å². The van der Waals surface area contributed by atoms with Crippen LogP contribution in [-0.4, -0.2) is 60.5 Å². The Bertz CT molecular complexity index is 1150. The maximum absolute atomic E-state index is 12.5. The molecular formula is C21H18N6O3S2. The van der Waals surface area contributed by atoms with Gasteiger partial charge in [-0.25, -0.2) is 0 Å². The van der Waals surface area contributed by atoms with Crippen LogP contribution in [0.15, 0.2) is 71.2 Å². The van der Waals surface area contributed by atoms with E-state index in [-0.39, 0.29) is 35.9 Å². The molecule has 1 saturated heterocycles. The summed E-state index contributed by atoms with van der Waals surface area (Å²) in [6.45, 7) is 0.272. The monoisotopic (exact) mass is 466 g/mol. The van der Waals surface area contributed by atoms with Crippen LogP contribution < -0.4 is 5.32 Å². The third-order valence-corrected chi connectivity index (χ3v) is 6.25. The number of rotatable bonds is 8. The second-order valence-electron chi connectivity index (χ2n) is 6.58. The Morgan fingerprint density at radius 3 is 2.78 bits per heavy atom. The molecule has 9 nitrogen and oxygen atoms in total. The van der Waals surface area contributed by atoms with Gasteiger partial charge in [-0.15, -0.1) is 10.2 Å². The molecule has 0 unspecified atom stereocenters. The summed E-state index contributed by atoms with van der Waals surface area (Å²) in [7, 11) is 0. The van der Waals surface area contributed by atoms with Crippen LogP contribution >= 0.6 is 23.5 Å². The van der Waals surface area contributed by atoms with Crippen molar-refractivity contribution in [3.8, 4) is 5.69 Å². The van der Waals surface area contributed by atoms with Crippen LogP contribution in [-0.2, 0) is 9.59 Å². The van der Waals surface area contributed by atoms with Crippen LogP contribution in [0.5, 0.6) is 0 Å². The highest BCUT2D eigenvalue weighted by molar-refractivity contribution is 8.18. The molecule has 1 aliphatic heterocycles. The first kappa shape index (κ1) is 21.8. The van der Waals surface area contributed by atoms with Crippen LogP contribution in [0.3, 0.4) is 0 Å². The number of amides is 3. The van der Waals surface area contributed by atoms with Gasteiger partial charge in [0.15, 0.2) is 5.16 Å². The molecule has 32 heavy (non-hydrogen) atoms. The lowest BCUT2D eigenvalue weighted by Gasteiger charge is -2.13. The quantitative estimate of drug-likeness (QED) is 0.399. The normalized spacial score (nSPS) is 14.9. The summed E-state index contributed by atoms with van der Waals surface area (Å²) in [6.07, 6.45) is 6.48. The van der Waals surface area contributed by atoms with E-state index >= 15 is 0 Å². The SMILES string of the molecule is O=C(CSc1nncn1-c1ccccc1)NCCN1C(=O)S/C(=C\c2cccnc2)C1=O. The van der Waals surface area contributed by atoms with E-state index in [1.807, 2.05) is 30.3 Å². The van der Waals surface area contributed by atoms with Crippen molar-refractivity contribution in [2.45, 2.75) is 5.16 Å². The van der Waals surface area contributed by atoms with E-state index in [0.29, 0.717) is 10.1 Å². The van der Waals surface area contributed by atoms with Crippen molar-refractivity contribution in [2.75, 3.05) is 18.8 Å². The first-order chi connectivity index (χ1) is 15.6. The number of pyridine rings is 1. The fraction of sp³-hybridized carbons (Fsp3) is 0.143. The lowest BCUT2D eigenvalue weighted by molar-refractivity contribution is -0.123. The van der Waals surface area contributed by atoms with Crippen LogP contribution in [0.25, 0.3) is 11.8 Å². The van der Waals surface area contributed by atoms with Gasteiger partial charge in [-0.3, -0.25) is 28.8 Å². The Kier molecular flexibility index (Phi) is 6.97. The number of thioether (sulfide) groups is 2. The lowest BCUT2D eigenvalue weighted by atomic mass is 10.2. The number of carbonyl (C=O) groups excluding carboxylic acids is 3. The molecule has 0 saturated carbocycles. The summed E-state index contributed by atoms with van der Waals surface area (Å²) < 4.78 is 1.80. The number of nitrogens with zero attached hydrogens (tertiary/aromatic N) is 5. The van der Waals surface area contributed by atoms with Crippen molar-refractivity contribution in [3.63, 3.8) is 0 Å². The third-order valence-electron chi connectivity index (χ3n) is 4.40. The van der Waals surface area contributed by atoms with Crippen molar-refractivity contribution >= 4 is 46.7 Å². The van der Waals surface area contributed by atoms with Crippen LogP contribution in [0.1, 0.15) is 5.56 Å². The zero-order valence-corrected chi connectivity index (χ0v) is 18.4. The fourth-order valence-corrected chi connectivity index (χ4v) is 4.51. The molecule has 0 bridgehead atoms. The molecule has 0 spiro atoms. The average molecular weight is 467 g/mol.